The molecule has 3 aliphatic carbocycles. The number of carbonyl (C=O) groups excluding carboxylic acids is 4. The van der Waals surface area contributed by atoms with Crippen LogP contribution in [0, 0.1) is 17.3 Å². The standard InChI is InChI=1S/C40H56N2O11S2/c1-24(2)38-33(52-38)34-40(53-34)37(3)12-10-26-27(23-49-35(26)46)28(37)22-29-39(40,51-29)36(38)50-32(45)9-8-31(44)48-20-18-42-15-13-41(14-16-42)17-19-47-30(43)7-5-4-6-25-11-21-54-55-25/h24-25,28-29,33-34,36H,4-23H2,1-3H3/t25?,28-,29-,33-,34-,36+,37-,38-,39+,40+/m0/s1. The van der Waals surface area contributed by atoms with Gasteiger partial charge in [0.15, 0.2) is 11.7 Å². The van der Waals surface area contributed by atoms with Crippen LogP contribution in [0.2, 0.25) is 0 Å². The summed E-state index contributed by atoms with van der Waals surface area (Å²) >= 11 is 0. The molecule has 0 N–H and O–H groups in total. The number of nitrogens with zero attached hydrogens (tertiary/aromatic N) is 2. The molecule has 7 fully saturated rings. The third kappa shape index (κ3) is 6.39. The van der Waals surface area contributed by atoms with Crippen LogP contribution in [0.4, 0.5) is 0 Å². The molecule has 0 radical (unpaired) electrons. The molecule has 9 rings (SSSR count). The third-order valence-corrected chi connectivity index (χ3v) is 17.5. The summed E-state index contributed by atoms with van der Waals surface area (Å²) in [5.41, 5.74) is -0.621. The summed E-state index contributed by atoms with van der Waals surface area (Å²) in [5.74, 6) is 0.199. The molecule has 304 valence electrons. The van der Waals surface area contributed by atoms with Gasteiger partial charge in [-0.2, -0.15) is 0 Å². The highest BCUT2D eigenvalue weighted by atomic mass is 33.1. The number of cyclic esters (lactones) is 1. The molecular formula is C40H56N2O11S2. The summed E-state index contributed by atoms with van der Waals surface area (Å²) in [6.07, 6.45) is 5.71. The van der Waals surface area contributed by atoms with E-state index in [0.29, 0.717) is 39.0 Å². The number of carbonyl (C=O) groups is 4. The number of esters is 4. The summed E-state index contributed by atoms with van der Waals surface area (Å²) in [6.45, 7) is 12.2. The van der Waals surface area contributed by atoms with Gasteiger partial charge in [-0.25, -0.2) is 4.79 Å². The molecule has 1 unspecified atom stereocenters. The van der Waals surface area contributed by atoms with E-state index in [2.05, 4.69) is 30.6 Å². The molecule has 9 aliphatic rings. The number of piperazine rings is 1. The largest absolute Gasteiger partial charge is 0.464 e. The van der Waals surface area contributed by atoms with Crippen molar-refractivity contribution in [3.63, 3.8) is 0 Å². The number of rotatable bonds is 16. The Kier molecular flexibility index (Phi) is 10.4. The minimum atomic E-state index is -0.820. The second kappa shape index (κ2) is 14.7. The normalized spacial score (nSPS) is 40.9. The molecule has 0 aromatic rings. The van der Waals surface area contributed by atoms with Crippen molar-refractivity contribution in [3.05, 3.63) is 11.1 Å². The lowest BCUT2D eigenvalue weighted by atomic mass is 9.46. The Hall–Kier alpha value is -1.88. The minimum Gasteiger partial charge on any atom is -0.464 e. The second-order valence-corrected chi connectivity index (χ2v) is 20.4. The van der Waals surface area contributed by atoms with Crippen molar-refractivity contribution in [3.8, 4) is 0 Å². The maximum atomic E-state index is 13.5. The predicted molar refractivity (Wildman–Crippen MR) is 202 cm³/mol. The lowest BCUT2D eigenvalue weighted by molar-refractivity contribution is -0.170. The average Bonchev–Trinajstić information content (AvgIpc) is 4.11. The maximum absolute atomic E-state index is 13.5. The van der Waals surface area contributed by atoms with Crippen molar-refractivity contribution < 1.29 is 52.3 Å². The van der Waals surface area contributed by atoms with E-state index in [1.54, 1.807) is 0 Å². The predicted octanol–water partition coefficient (Wildman–Crippen LogP) is 3.85. The zero-order valence-electron chi connectivity index (χ0n) is 32.4. The molecule has 2 spiro atoms. The Morgan fingerprint density at radius 2 is 1.62 bits per heavy atom. The van der Waals surface area contributed by atoms with Gasteiger partial charge in [0.05, 0.1) is 18.9 Å². The van der Waals surface area contributed by atoms with Gasteiger partial charge >= 0.3 is 23.9 Å². The van der Waals surface area contributed by atoms with Crippen LogP contribution in [0.15, 0.2) is 11.1 Å². The zero-order chi connectivity index (χ0) is 38.2. The van der Waals surface area contributed by atoms with Crippen LogP contribution in [-0.4, -0.2) is 145 Å². The van der Waals surface area contributed by atoms with Crippen LogP contribution in [0.3, 0.4) is 0 Å². The number of hydrogen-bond acceptors (Lipinski definition) is 15. The summed E-state index contributed by atoms with van der Waals surface area (Å²) in [7, 11) is 3.95. The number of hydrogen-bond donors (Lipinski definition) is 0. The molecular weight excluding hydrogens is 749 g/mol. The van der Waals surface area contributed by atoms with Crippen molar-refractivity contribution in [1.29, 1.82) is 0 Å². The van der Waals surface area contributed by atoms with Crippen LogP contribution in [-0.2, 0) is 52.3 Å². The van der Waals surface area contributed by atoms with E-state index in [4.69, 9.17) is 33.2 Å². The number of fused-ring (bicyclic) bond motifs is 4. The van der Waals surface area contributed by atoms with Crippen molar-refractivity contribution in [1.82, 2.24) is 9.80 Å². The van der Waals surface area contributed by atoms with Gasteiger partial charge in [0, 0.05) is 67.7 Å². The van der Waals surface area contributed by atoms with Crippen LogP contribution in [0.5, 0.6) is 0 Å². The highest BCUT2D eigenvalue weighted by molar-refractivity contribution is 8.77. The van der Waals surface area contributed by atoms with E-state index in [0.717, 1.165) is 68.4 Å². The van der Waals surface area contributed by atoms with E-state index in [9.17, 15) is 19.2 Å². The smallest absolute Gasteiger partial charge is 0.334 e. The molecule has 0 aromatic carbocycles. The molecule has 6 heterocycles. The molecule has 15 heteroatoms. The van der Waals surface area contributed by atoms with Gasteiger partial charge in [-0.1, -0.05) is 48.8 Å². The van der Waals surface area contributed by atoms with Crippen LogP contribution in [0.25, 0.3) is 0 Å². The van der Waals surface area contributed by atoms with Gasteiger partial charge in [0.25, 0.3) is 0 Å². The van der Waals surface area contributed by atoms with Crippen molar-refractivity contribution in [2.75, 3.05) is 64.8 Å². The molecule has 13 nitrogen and oxygen atoms in total. The average molecular weight is 805 g/mol. The first-order chi connectivity index (χ1) is 26.5. The topological polar surface area (TPSA) is 149 Å². The van der Waals surface area contributed by atoms with E-state index in [-0.39, 0.29) is 66.9 Å². The van der Waals surface area contributed by atoms with E-state index in [1.165, 1.54) is 18.6 Å². The first-order valence-corrected chi connectivity index (χ1v) is 23.1. The molecule has 2 saturated carbocycles. The summed E-state index contributed by atoms with van der Waals surface area (Å²) in [5, 5.41) is 0.753. The van der Waals surface area contributed by atoms with Crippen LogP contribution in [0.1, 0.15) is 85.0 Å². The van der Waals surface area contributed by atoms with E-state index < -0.39 is 34.8 Å². The van der Waals surface area contributed by atoms with Gasteiger partial charge in [-0.05, 0) is 55.9 Å². The Balaban J connectivity index is 0.702. The fourth-order valence-electron chi connectivity index (χ4n) is 11.4. The van der Waals surface area contributed by atoms with Gasteiger partial charge in [-0.15, -0.1) is 0 Å². The third-order valence-electron chi connectivity index (χ3n) is 14.5. The van der Waals surface area contributed by atoms with Crippen LogP contribution >= 0.6 is 21.6 Å². The van der Waals surface area contributed by atoms with Crippen molar-refractivity contribution >= 4 is 45.5 Å². The maximum Gasteiger partial charge on any atom is 0.334 e. The Labute approximate surface area is 331 Å². The SMILES string of the molecule is CC(C)[C@]12O[C@H]1[C@@H]1O[C@]13[C@]1(O[C@H]1C[C@H]1C4=C(CC[C@@]13C)C(=O)OC4)[C@@H]2OC(=O)CCC(=O)OCCN1CCN(CCOC(=O)CCCCC2CCSS2)CC1. The highest BCUT2D eigenvalue weighted by Crippen LogP contribution is 2.83. The Morgan fingerprint density at radius 1 is 0.909 bits per heavy atom. The minimum absolute atomic E-state index is 0.0532. The lowest BCUT2D eigenvalue weighted by Crippen LogP contribution is -2.70. The van der Waals surface area contributed by atoms with Crippen LogP contribution < -0.4 is 0 Å². The van der Waals surface area contributed by atoms with Gasteiger partial charge < -0.3 is 33.2 Å². The number of epoxide rings is 3. The van der Waals surface area contributed by atoms with E-state index in [1.807, 2.05) is 21.6 Å². The Bertz CT molecular complexity index is 1600. The highest BCUT2D eigenvalue weighted by Gasteiger charge is 3.01. The number of ether oxygens (including phenoxy) is 7. The summed E-state index contributed by atoms with van der Waals surface area (Å²) in [4.78, 5) is 55.5. The van der Waals surface area contributed by atoms with E-state index >= 15 is 0 Å². The zero-order valence-corrected chi connectivity index (χ0v) is 34.0. The van der Waals surface area contributed by atoms with Gasteiger partial charge in [0.2, 0.25) is 0 Å². The Morgan fingerprint density at radius 3 is 2.31 bits per heavy atom. The first-order valence-electron chi connectivity index (χ1n) is 20.7. The molecule has 10 atom stereocenters. The lowest BCUT2D eigenvalue weighted by Gasteiger charge is -2.53. The monoisotopic (exact) mass is 804 g/mol. The fraction of sp³-hybridized carbons (Fsp3) is 0.850. The molecule has 0 bridgehead atoms. The summed E-state index contributed by atoms with van der Waals surface area (Å²) in [6, 6.07) is 0. The summed E-state index contributed by atoms with van der Waals surface area (Å²) < 4.78 is 42.8. The van der Waals surface area contributed by atoms with Crippen molar-refractivity contribution in [2.45, 2.75) is 131 Å². The second-order valence-electron chi connectivity index (χ2n) is 17.6. The fourth-order valence-corrected chi connectivity index (χ4v) is 14.4. The first kappa shape index (κ1) is 38.6. The van der Waals surface area contributed by atoms with Gasteiger partial charge in [0.1, 0.15) is 43.2 Å². The van der Waals surface area contributed by atoms with Crippen molar-refractivity contribution in [2.24, 2.45) is 17.3 Å². The molecule has 5 saturated heterocycles. The molecule has 6 aliphatic heterocycles. The van der Waals surface area contributed by atoms with Gasteiger partial charge in [-0.3, -0.25) is 24.2 Å². The quantitative estimate of drug-likeness (QED) is 0.0731. The number of unbranched alkanes of at least 4 members (excludes halogenated alkanes) is 1. The molecule has 55 heavy (non-hydrogen) atoms. The molecule has 0 amide bonds. The molecule has 0 aromatic heterocycles.